The summed E-state index contributed by atoms with van der Waals surface area (Å²) in [5.41, 5.74) is 2.41. The van der Waals surface area contributed by atoms with Crippen LogP contribution in [0.3, 0.4) is 0 Å². The fraction of sp³-hybridized carbons (Fsp3) is 0.769. The Morgan fingerprint density at radius 2 is 2.22 bits per heavy atom. The van der Waals surface area contributed by atoms with Crippen LogP contribution in [0.2, 0.25) is 0 Å². The second-order valence-electron chi connectivity index (χ2n) is 4.93. The van der Waals surface area contributed by atoms with Gasteiger partial charge in [-0.1, -0.05) is 13.3 Å². The van der Waals surface area contributed by atoms with Crippen LogP contribution in [0, 0.1) is 0 Å². The van der Waals surface area contributed by atoms with Crippen molar-refractivity contribution in [1.82, 2.24) is 14.7 Å². The molecule has 0 aliphatic heterocycles. The minimum atomic E-state index is 0.701. The number of alkyl halides is 1. The first-order chi connectivity index (χ1) is 8.67. The fourth-order valence-corrected chi connectivity index (χ4v) is 3.39. The molecule has 5 heteroatoms. The van der Waals surface area contributed by atoms with E-state index >= 15 is 0 Å². The van der Waals surface area contributed by atoms with E-state index in [1.807, 2.05) is 11.7 Å². The van der Waals surface area contributed by atoms with Crippen LogP contribution < -0.4 is 0 Å². The summed E-state index contributed by atoms with van der Waals surface area (Å²) < 4.78 is 3.18. The lowest BCUT2D eigenvalue weighted by atomic mass is 9.91. The van der Waals surface area contributed by atoms with Crippen molar-refractivity contribution < 1.29 is 0 Å². The summed E-state index contributed by atoms with van der Waals surface area (Å²) in [6, 6.07) is 0.718. The van der Waals surface area contributed by atoms with E-state index in [0.717, 1.165) is 31.2 Å². The van der Waals surface area contributed by atoms with Crippen molar-refractivity contribution in [2.75, 3.05) is 12.4 Å². The van der Waals surface area contributed by atoms with Gasteiger partial charge in [0, 0.05) is 32.1 Å². The topological polar surface area (TPSA) is 21.1 Å². The largest absolute Gasteiger partial charge is 0.293 e. The SMILES string of the molecule is CCc1nn(C)c(CN(CCCl)C2CCC2)c1Br. The summed E-state index contributed by atoms with van der Waals surface area (Å²) >= 11 is 9.61. The van der Waals surface area contributed by atoms with Gasteiger partial charge in [0.05, 0.1) is 15.9 Å². The number of nitrogens with zero attached hydrogens (tertiary/aromatic N) is 3. The highest BCUT2D eigenvalue weighted by molar-refractivity contribution is 9.10. The third kappa shape index (κ3) is 2.91. The molecule has 2 rings (SSSR count). The van der Waals surface area contributed by atoms with Crippen LogP contribution in [0.4, 0.5) is 0 Å². The average molecular weight is 335 g/mol. The van der Waals surface area contributed by atoms with Crippen LogP contribution >= 0.6 is 27.5 Å². The molecule has 0 saturated heterocycles. The molecule has 0 amide bonds. The molecule has 3 nitrogen and oxygen atoms in total. The summed E-state index contributed by atoms with van der Waals surface area (Å²) in [6.45, 7) is 4.05. The van der Waals surface area contributed by atoms with Crippen LogP contribution in [0.1, 0.15) is 37.6 Å². The number of hydrogen-bond donors (Lipinski definition) is 0. The van der Waals surface area contributed by atoms with E-state index in [9.17, 15) is 0 Å². The summed E-state index contributed by atoms with van der Waals surface area (Å²) in [4.78, 5) is 2.50. The highest BCUT2D eigenvalue weighted by Gasteiger charge is 2.26. The molecule has 1 saturated carbocycles. The number of halogens is 2. The van der Waals surface area contributed by atoms with Gasteiger partial charge in [0.2, 0.25) is 0 Å². The normalized spacial score (nSPS) is 16.3. The molecule has 1 aliphatic rings. The monoisotopic (exact) mass is 333 g/mol. The standard InChI is InChI=1S/C13H21BrClN3/c1-3-11-13(14)12(17(2)16-11)9-18(8-7-15)10-5-4-6-10/h10H,3-9H2,1-2H3. The van der Waals surface area contributed by atoms with E-state index in [-0.39, 0.29) is 0 Å². The zero-order valence-corrected chi connectivity index (χ0v) is 13.5. The van der Waals surface area contributed by atoms with E-state index in [1.165, 1.54) is 29.4 Å². The molecule has 1 aromatic rings. The van der Waals surface area contributed by atoms with E-state index in [0.29, 0.717) is 5.88 Å². The Kier molecular flexibility index (Phi) is 5.10. The highest BCUT2D eigenvalue weighted by atomic mass is 79.9. The maximum atomic E-state index is 5.92. The molecule has 102 valence electrons. The Balaban J connectivity index is 2.12. The van der Waals surface area contributed by atoms with E-state index < -0.39 is 0 Å². The van der Waals surface area contributed by atoms with Crippen molar-refractivity contribution in [3.63, 3.8) is 0 Å². The predicted molar refractivity (Wildman–Crippen MR) is 79.1 cm³/mol. The van der Waals surface area contributed by atoms with Gasteiger partial charge in [-0.3, -0.25) is 9.58 Å². The predicted octanol–water partition coefficient (Wildman–Crippen LogP) is 3.34. The van der Waals surface area contributed by atoms with E-state index in [2.05, 4.69) is 32.9 Å². The van der Waals surface area contributed by atoms with Crippen LogP contribution in [0.5, 0.6) is 0 Å². The smallest absolute Gasteiger partial charge is 0.0767 e. The molecular weight excluding hydrogens is 314 g/mol. The van der Waals surface area contributed by atoms with Gasteiger partial charge in [-0.15, -0.1) is 11.6 Å². The molecule has 0 aromatic carbocycles. The summed E-state index contributed by atoms with van der Waals surface area (Å²) in [6.07, 6.45) is 4.95. The van der Waals surface area contributed by atoms with Crippen LogP contribution in [0.25, 0.3) is 0 Å². The summed E-state index contributed by atoms with van der Waals surface area (Å²) in [7, 11) is 2.03. The fourth-order valence-electron chi connectivity index (χ4n) is 2.44. The molecule has 1 aromatic heterocycles. The van der Waals surface area contributed by atoms with Crippen molar-refractivity contribution in [3.8, 4) is 0 Å². The number of hydrogen-bond acceptors (Lipinski definition) is 2. The van der Waals surface area contributed by atoms with Crippen molar-refractivity contribution in [1.29, 1.82) is 0 Å². The molecule has 0 bridgehead atoms. The second-order valence-corrected chi connectivity index (χ2v) is 6.10. The summed E-state index contributed by atoms with van der Waals surface area (Å²) in [5, 5.41) is 4.56. The molecule has 1 heterocycles. The molecule has 0 atom stereocenters. The molecule has 0 spiro atoms. The zero-order valence-electron chi connectivity index (χ0n) is 11.1. The lowest BCUT2D eigenvalue weighted by Gasteiger charge is -2.37. The molecular formula is C13H21BrClN3. The lowest BCUT2D eigenvalue weighted by Crippen LogP contribution is -2.41. The maximum absolute atomic E-state index is 5.92. The minimum Gasteiger partial charge on any atom is -0.293 e. The van der Waals surface area contributed by atoms with Gasteiger partial charge in [-0.25, -0.2) is 0 Å². The number of aromatic nitrogens is 2. The highest BCUT2D eigenvalue weighted by Crippen LogP contribution is 2.29. The van der Waals surface area contributed by atoms with Crippen molar-refractivity contribution in [2.24, 2.45) is 7.05 Å². The van der Waals surface area contributed by atoms with Gasteiger partial charge in [0.25, 0.3) is 0 Å². The molecule has 0 N–H and O–H groups in total. The number of rotatable bonds is 6. The van der Waals surface area contributed by atoms with Crippen molar-refractivity contribution in [2.45, 2.75) is 45.2 Å². The molecule has 0 unspecified atom stereocenters. The van der Waals surface area contributed by atoms with Gasteiger partial charge in [-0.05, 0) is 35.2 Å². The first kappa shape index (κ1) is 14.4. The molecule has 1 fully saturated rings. The van der Waals surface area contributed by atoms with Crippen LogP contribution in [-0.4, -0.2) is 33.1 Å². The Morgan fingerprint density at radius 1 is 1.50 bits per heavy atom. The van der Waals surface area contributed by atoms with Gasteiger partial charge in [0.1, 0.15) is 0 Å². The third-order valence-corrected chi connectivity index (χ3v) is 4.90. The zero-order chi connectivity index (χ0) is 13.1. The van der Waals surface area contributed by atoms with Gasteiger partial charge in [0.15, 0.2) is 0 Å². The second kappa shape index (κ2) is 6.40. The van der Waals surface area contributed by atoms with Crippen LogP contribution in [-0.2, 0) is 20.0 Å². The average Bonchev–Trinajstić information content (AvgIpc) is 2.54. The first-order valence-corrected chi connectivity index (χ1v) is 8.00. The van der Waals surface area contributed by atoms with Gasteiger partial charge >= 0.3 is 0 Å². The maximum Gasteiger partial charge on any atom is 0.0767 e. The Hall–Kier alpha value is -0.0600. The van der Waals surface area contributed by atoms with Crippen LogP contribution in [0.15, 0.2) is 4.47 Å². The van der Waals surface area contributed by atoms with Crippen molar-refractivity contribution >= 4 is 27.5 Å². The Bertz CT molecular complexity index is 401. The Labute approximate surface area is 123 Å². The first-order valence-electron chi connectivity index (χ1n) is 6.67. The molecule has 1 aliphatic carbocycles. The molecule has 18 heavy (non-hydrogen) atoms. The quantitative estimate of drug-likeness (QED) is 0.744. The third-order valence-electron chi connectivity index (χ3n) is 3.82. The van der Waals surface area contributed by atoms with Gasteiger partial charge in [-0.2, -0.15) is 5.10 Å². The van der Waals surface area contributed by atoms with Gasteiger partial charge < -0.3 is 0 Å². The van der Waals surface area contributed by atoms with E-state index in [4.69, 9.17) is 11.6 Å². The number of aryl methyl sites for hydroxylation is 2. The lowest BCUT2D eigenvalue weighted by molar-refractivity contribution is 0.124. The Morgan fingerprint density at radius 3 is 2.67 bits per heavy atom. The summed E-state index contributed by atoms with van der Waals surface area (Å²) in [5.74, 6) is 0.701. The molecule has 0 radical (unpaired) electrons. The minimum absolute atomic E-state index is 0.701. The van der Waals surface area contributed by atoms with Crippen molar-refractivity contribution in [3.05, 3.63) is 15.9 Å². The van der Waals surface area contributed by atoms with E-state index in [1.54, 1.807) is 0 Å².